The molecule has 0 bridgehead atoms. The van der Waals surface area contributed by atoms with Crippen molar-refractivity contribution in [3.05, 3.63) is 70.8 Å². The Hall–Kier alpha value is -3.35. The average Bonchev–Trinajstić information content (AvgIpc) is 2.79. The lowest BCUT2D eigenvalue weighted by atomic mass is 9.96. The number of carbonyl (C=O) groups is 3. The molecule has 0 fully saturated rings. The molecule has 2 aromatic carbocycles. The molecular formula is C29H41N3O4. The first-order valence-electron chi connectivity index (χ1n) is 12.6. The van der Waals surface area contributed by atoms with Gasteiger partial charge < -0.3 is 20.3 Å². The van der Waals surface area contributed by atoms with Crippen molar-refractivity contribution in [2.24, 2.45) is 0 Å². The quantitative estimate of drug-likeness (QED) is 0.461. The predicted octanol–water partition coefficient (Wildman–Crippen LogP) is 4.86. The van der Waals surface area contributed by atoms with Crippen molar-refractivity contribution in [1.29, 1.82) is 0 Å². The number of amides is 3. The van der Waals surface area contributed by atoms with Gasteiger partial charge >= 0.3 is 6.09 Å². The van der Waals surface area contributed by atoms with E-state index in [9.17, 15) is 14.4 Å². The first-order valence-corrected chi connectivity index (χ1v) is 12.6. The van der Waals surface area contributed by atoms with Crippen LogP contribution in [0, 0.1) is 13.8 Å². The van der Waals surface area contributed by atoms with Crippen LogP contribution in [0.4, 0.5) is 4.79 Å². The molecule has 2 atom stereocenters. The number of hydrogen-bond donors (Lipinski definition) is 2. The topological polar surface area (TPSA) is 87.7 Å². The summed E-state index contributed by atoms with van der Waals surface area (Å²) in [5, 5.41) is 5.72. The van der Waals surface area contributed by atoms with Gasteiger partial charge in [0.15, 0.2) is 0 Å². The number of aryl methyl sites for hydroxylation is 2. The summed E-state index contributed by atoms with van der Waals surface area (Å²) >= 11 is 0. The maximum Gasteiger partial charge on any atom is 0.408 e. The highest BCUT2D eigenvalue weighted by atomic mass is 16.6. The van der Waals surface area contributed by atoms with Crippen LogP contribution < -0.4 is 10.6 Å². The minimum Gasteiger partial charge on any atom is -0.444 e. The number of nitrogens with zero attached hydrogens (tertiary/aromatic N) is 1. The van der Waals surface area contributed by atoms with Crippen molar-refractivity contribution in [2.45, 2.75) is 78.5 Å². The van der Waals surface area contributed by atoms with Crippen LogP contribution in [-0.2, 0) is 20.7 Å². The molecule has 7 heteroatoms. The van der Waals surface area contributed by atoms with E-state index in [-0.39, 0.29) is 18.2 Å². The van der Waals surface area contributed by atoms with E-state index >= 15 is 0 Å². The highest BCUT2D eigenvalue weighted by Gasteiger charge is 2.34. The minimum absolute atomic E-state index is 0.248. The van der Waals surface area contributed by atoms with Gasteiger partial charge in [0, 0.05) is 20.0 Å². The van der Waals surface area contributed by atoms with Crippen LogP contribution in [0.25, 0.3) is 0 Å². The van der Waals surface area contributed by atoms with Crippen LogP contribution in [0.5, 0.6) is 0 Å². The van der Waals surface area contributed by atoms with Gasteiger partial charge in [0.05, 0.1) is 0 Å². The van der Waals surface area contributed by atoms with Crippen LogP contribution in [0.15, 0.2) is 48.5 Å². The Morgan fingerprint density at radius 3 is 2.28 bits per heavy atom. The monoisotopic (exact) mass is 495 g/mol. The summed E-state index contributed by atoms with van der Waals surface area (Å²) in [7, 11) is 1.61. The molecule has 36 heavy (non-hydrogen) atoms. The molecule has 0 radical (unpaired) electrons. The number of unbranched alkanes of at least 4 members (excludes halogenated alkanes) is 1. The Labute approximate surface area is 215 Å². The van der Waals surface area contributed by atoms with Crippen molar-refractivity contribution in [3.63, 3.8) is 0 Å². The highest BCUT2D eigenvalue weighted by Crippen LogP contribution is 2.25. The van der Waals surface area contributed by atoms with E-state index < -0.39 is 23.8 Å². The van der Waals surface area contributed by atoms with E-state index in [2.05, 4.69) is 17.6 Å². The van der Waals surface area contributed by atoms with Crippen molar-refractivity contribution >= 4 is 17.9 Å². The maximum absolute atomic E-state index is 13.9. The average molecular weight is 496 g/mol. The van der Waals surface area contributed by atoms with Crippen LogP contribution >= 0.6 is 0 Å². The lowest BCUT2D eigenvalue weighted by molar-refractivity contribution is -0.140. The summed E-state index contributed by atoms with van der Waals surface area (Å²) in [6.45, 7) is 11.8. The summed E-state index contributed by atoms with van der Waals surface area (Å²) in [5.74, 6) is -0.623. The molecule has 0 saturated carbocycles. The SMILES string of the molecule is CCCCNC(=O)C(c1ccc(C)cc1C)N(C)C(=O)C(Cc1ccccc1)NC(=O)OC(C)(C)C. The normalized spacial score (nSPS) is 12.9. The molecule has 196 valence electrons. The van der Waals surface area contributed by atoms with E-state index in [4.69, 9.17) is 4.74 Å². The third-order valence-electron chi connectivity index (χ3n) is 5.80. The maximum atomic E-state index is 13.9. The number of rotatable bonds is 10. The highest BCUT2D eigenvalue weighted by molar-refractivity contribution is 5.92. The van der Waals surface area contributed by atoms with E-state index in [1.54, 1.807) is 27.8 Å². The van der Waals surface area contributed by atoms with Gasteiger partial charge in [-0.25, -0.2) is 4.79 Å². The fourth-order valence-corrected chi connectivity index (χ4v) is 4.02. The Bertz CT molecular complexity index is 1030. The van der Waals surface area contributed by atoms with E-state index in [1.165, 1.54) is 4.90 Å². The first kappa shape index (κ1) is 28.9. The Morgan fingerprint density at radius 2 is 1.69 bits per heavy atom. The minimum atomic E-state index is -0.913. The number of likely N-dealkylation sites (N-methyl/N-ethyl adjacent to an activating group) is 1. The number of carbonyl (C=O) groups excluding carboxylic acids is 3. The second-order valence-corrected chi connectivity index (χ2v) is 10.2. The van der Waals surface area contributed by atoms with Crippen molar-refractivity contribution in [2.75, 3.05) is 13.6 Å². The van der Waals surface area contributed by atoms with E-state index in [0.29, 0.717) is 6.54 Å². The Morgan fingerprint density at radius 1 is 1.03 bits per heavy atom. The van der Waals surface area contributed by atoms with Gasteiger partial charge in [0.2, 0.25) is 11.8 Å². The van der Waals surface area contributed by atoms with Gasteiger partial charge in [0.1, 0.15) is 17.7 Å². The molecule has 0 heterocycles. The largest absolute Gasteiger partial charge is 0.444 e. The lowest BCUT2D eigenvalue weighted by Gasteiger charge is -2.32. The van der Waals surface area contributed by atoms with Crippen LogP contribution in [0.2, 0.25) is 0 Å². The molecule has 3 amide bonds. The molecule has 2 unspecified atom stereocenters. The van der Waals surface area contributed by atoms with E-state index in [1.807, 2.05) is 62.4 Å². The summed E-state index contributed by atoms with van der Waals surface area (Å²) in [6.07, 6.45) is 1.38. The zero-order valence-corrected chi connectivity index (χ0v) is 22.7. The Kier molecular flexibility index (Phi) is 10.5. The molecule has 0 aliphatic heterocycles. The van der Waals surface area contributed by atoms with Gasteiger partial charge in [0.25, 0.3) is 0 Å². The number of alkyl carbamates (subject to hydrolysis) is 1. The molecular weight excluding hydrogens is 454 g/mol. The van der Waals surface area contributed by atoms with Gasteiger partial charge in [-0.05, 0) is 57.7 Å². The van der Waals surface area contributed by atoms with Crippen molar-refractivity contribution < 1.29 is 19.1 Å². The summed E-state index contributed by atoms with van der Waals surface area (Å²) in [6, 6.07) is 13.5. The third kappa shape index (κ3) is 8.70. The molecule has 0 saturated heterocycles. The number of ether oxygens (including phenoxy) is 1. The van der Waals surface area contributed by atoms with Crippen LogP contribution in [-0.4, -0.2) is 48.0 Å². The lowest BCUT2D eigenvalue weighted by Crippen LogP contribution is -2.52. The zero-order chi connectivity index (χ0) is 26.9. The summed E-state index contributed by atoms with van der Waals surface area (Å²) in [4.78, 5) is 41.3. The summed E-state index contributed by atoms with van der Waals surface area (Å²) < 4.78 is 5.43. The summed E-state index contributed by atoms with van der Waals surface area (Å²) in [5.41, 5.74) is 2.92. The second-order valence-electron chi connectivity index (χ2n) is 10.2. The zero-order valence-electron chi connectivity index (χ0n) is 22.7. The van der Waals surface area contributed by atoms with Crippen molar-refractivity contribution in [3.8, 4) is 0 Å². The Balaban J connectivity index is 2.40. The molecule has 7 nitrogen and oxygen atoms in total. The molecule has 0 aliphatic rings. The van der Waals surface area contributed by atoms with Crippen LogP contribution in [0.1, 0.15) is 68.8 Å². The number of hydrogen-bond acceptors (Lipinski definition) is 4. The molecule has 2 N–H and O–H groups in total. The van der Waals surface area contributed by atoms with Crippen molar-refractivity contribution in [1.82, 2.24) is 15.5 Å². The molecule has 0 spiro atoms. The van der Waals surface area contributed by atoms with Crippen LogP contribution in [0.3, 0.4) is 0 Å². The van der Waals surface area contributed by atoms with E-state index in [0.717, 1.165) is 35.1 Å². The van der Waals surface area contributed by atoms with Gasteiger partial charge in [-0.3, -0.25) is 9.59 Å². The second kappa shape index (κ2) is 13.1. The predicted molar refractivity (Wildman–Crippen MR) is 143 cm³/mol. The molecule has 2 rings (SSSR count). The molecule has 0 aliphatic carbocycles. The van der Waals surface area contributed by atoms with Gasteiger partial charge in [-0.2, -0.15) is 0 Å². The fourth-order valence-electron chi connectivity index (χ4n) is 4.02. The number of nitrogens with one attached hydrogen (secondary N) is 2. The standard InChI is InChI=1S/C29H41N3O4/c1-8-9-17-30-26(33)25(23-16-15-20(2)18-21(23)3)32(7)27(34)24(19-22-13-11-10-12-14-22)31-28(35)36-29(4,5)6/h10-16,18,24-25H,8-9,17,19H2,1-7H3,(H,30,33)(H,31,35). The van der Waals surface area contributed by atoms with Gasteiger partial charge in [-0.1, -0.05) is 67.4 Å². The number of benzene rings is 2. The fraction of sp³-hybridized carbons (Fsp3) is 0.483. The third-order valence-corrected chi connectivity index (χ3v) is 5.80. The molecule has 2 aromatic rings. The smallest absolute Gasteiger partial charge is 0.408 e. The van der Waals surface area contributed by atoms with Gasteiger partial charge in [-0.15, -0.1) is 0 Å². The molecule has 0 aromatic heterocycles. The first-order chi connectivity index (χ1) is 16.9.